The van der Waals surface area contributed by atoms with E-state index in [0.717, 1.165) is 0 Å². The van der Waals surface area contributed by atoms with E-state index in [9.17, 15) is 4.79 Å². The van der Waals surface area contributed by atoms with Crippen LogP contribution < -0.4 is 0 Å². The molecular formula is C3HOS. The smallest absolute Gasteiger partial charge is 0.267 e. The monoisotopic (exact) mass is 85.0 g/mol. The van der Waals surface area contributed by atoms with Crippen molar-refractivity contribution in [1.82, 2.24) is 0 Å². The van der Waals surface area contributed by atoms with Gasteiger partial charge in [0.15, 0.2) is 0 Å². The molecule has 0 spiro atoms. The van der Waals surface area contributed by atoms with Crippen molar-refractivity contribution in [2.24, 2.45) is 0 Å². The third-order valence-corrected chi connectivity index (χ3v) is 0.236. The van der Waals surface area contributed by atoms with Gasteiger partial charge in [0.2, 0.25) is 0 Å². The van der Waals surface area contributed by atoms with Crippen LogP contribution >= 0.6 is 12.6 Å². The van der Waals surface area contributed by atoms with Crippen molar-refractivity contribution >= 4 is 17.7 Å². The predicted molar refractivity (Wildman–Crippen MR) is 21.4 cm³/mol. The Labute approximate surface area is 35.8 Å². The molecule has 2 heteroatoms. The lowest BCUT2D eigenvalue weighted by Crippen LogP contribution is -1.69. The number of terminal acetylenes is 1. The third-order valence-electron chi connectivity index (χ3n) is 0.118. The Morgan fingerprint density at radius 2 is 2.20 bits per heavy atom. The second-order valence-electron chi connectivity index (χ2n) is 0.432. The molecule has 0 heterocycles. The first-order valence-corrected chi connectivity index (χ1v) is 1.36. The molecule has 0 aliphatic heterocycles. The van der Waals surface area contributed by atoms with Crippen LogP contribution in [0.15, 0.2) is 0 Å². The maximum Gasteiger partial charge on any atom is 0.292 e. The Morgan fingerprint density at radius 3 is 2.20 bits per heavy atom. The second kappa shape index (κ2) is 1.74. The van der Waals surface area contributed by atoms with Crippen molar-refractivity contribution in [3.8, 4) is 12.3 Å². The van der Waals surface area contributed by atoms with E-state index in [1.165, 1.54) is 0 Å². The molecule has 1 radical (unpaired) electrons. The summed E-state index contributed by atoms with van der Waals surface area (Å²) in [5.41, 5.74) is 0. The standard InChI is InChI=1S/C3HOS/c1-2-3(4)5/h1H. The number of carbonyl (C=O) groups excluding carboxylic acids is 1. The van der Waals surface area contributed by atoms with Crippen molar-refractivity contribution in [3.05, 3.63) is 0 Å². The summed E-state index contributed by atoms with van der Waals surface area (Å²) in [6, 6.07) is 0. The highest BCUT2D eigenvalue weighted by Gasteiger charge is 1.74. The summed E-state index contributed by atoms with van der Waals surface area (Å²) in [6.45, 7) is 0. The molecule has 0 aromatic heterocycles. The summed E-state index contributed by atoms with van der Waals surface area (Å²) >= 11 is 3.91. The van der Waals surface area contributed by atoms with Gasteiger partial charge in [0, 0.05) is 0 Å². The molecule has 0 aliphatic rings. The van der Waals surface area contributed by atoms with Gasteiger partial charge in [0.1, 0.15) is 0 Å². The highest BCUT2D eigenvalue weighted by atomic mass is 32.1. The van der Waals surface area contributed by atoms with Gasteiger partial charge in [-0.2, -0.15) is 0 Å². The molecule has 0 aromatic carbocycles. The SMILES string of the molecule is C#CC(=O)[S]. The topological polar surface area (TPSA) is 17.1 Å². The number of rotatable bonds is 0. The fourth-order valence-electron chi connectivity index (χ4n) is 0. The van der Waals surface area contributed by atoms with Crippen molar-refractivity contribution in [2.75, 3.05) is 0 Å². The first kappa shape index (κ1) is 4.45. The zero-order chi connectivity index (χ0) is 4.28. The summed E-state index contributed by atoms with van der Waals surface area (Å²) in [7, 11) is 0. The van der Waals surface area contributed by atoms with E-state index in [-0.39, 0.29) is 0 Å². The van der Waals surface area contributed by atoms with Crippen LogP contribution in [0.5, 0.6) is 0 Å². The van der Waals surface area contributed by atoms with Gasteiger partial charge in [-0.25, -0.2) is 0 Å². The molecule has 0 aromatic rings. The van der Waals surface area contributed by atoms with Gasteiger partial charge in [-0.15, -0.1) is 6.42 Å². The molecule has 0 saturated carbocycles. The molecule has 1 nitrogen and oxygen atoms in total. The van der Waals surface area contributed by atoms with Crippen LogP contribution in [0.4, 0.5) is 0 Å². The maximum absolute atomic E-state index is 9.39. The minimum atomic E-state index is -0.634. The van der Waals surface area contributed by atoms with Crippen molar-refractivity contribution in [2.45, 2.75) is 0 Å². The third kappa shape index (κ3) is 3.45. The van der Waals surface area contributed by atoms with Crippen molar-refractivity contribution in [3.63, 3.8) is 0 Å². The van der Waals surface area contributed by atoms with Crippen LogP contribution in [0.1, 0.15) is 0 Å². The molecule has 5 heavy (non-hydrogen) atoms. The molecule has 0 aliphatic carbocycles. The average molecular weight is 85.1 g/mol. The predicted octanol–water partition coefficient (Wildman–Crippen LogP) is 0.344. The van der Waals surface area contributed by atoms with Gasteiger partial charge < -0.3 is 0 Å². The quantitative estimate of drug-likeness (QED) is 0.388. The molecule has 0 unspecified atom stereocenters. The fourth-order valence-corrected chi connectivity index (χ4v) is 0. The summed E-state index contributed by atoms with van der Waals surface area (Å²) in [5, 5.41) is -0.634. The Bertz CT molecular complexity index is 79.4. The Balaban J connectivity index is 3.35. The number of carbonyl (C=O) groups is 1. The fraction of sp³-hybridized carbons (Fsp3) is 0. The normalized spacial score (nSPS) is 5.40. The second-order valence-corrected chi connectivity index (χ2v) is 0.803. The van der Waals surface area contributed by atoms with Gasteiger partial charge in [-0.05, 0) is 18.5 Å². The van der Waals surface area contributed by atoms with Crippen molar-refractivity contribution < 1.29 is 4.79 Å². The summed E-state index contributed by atoms with van der Waals surface area (Å²) in [5.74, 6) is 1.70. The lowest BCUT2D eigenvalue weighted by molar-refractivity contribution is -0.106. The number of hydrogen-bond acceptors (Lipinski definition) is 1. The van der Waals surface area contributed by atoms with Crippen LogP contribution in [-0.4, -0.2) is 5.12 Å². The highest BCUT2D eigenvalue weighted by molar-refractivity contribution is 7.97. The zero-order valence-electron chi connectivity index (χ0n) is 2.39. The Morgan fingerprint density at radius 1 is 2.00 bits per heavy atom. The summed E-state index contributed by atoms with van der Waals surface area (Å²) < 4.78 is 0. The van der Waals surface area contributed by atoms with Crippen LogP contribution in [-0.2, 0) is 4.79 Å². The molecule has 0 rings (SSSR count). The van der Waals surface area contributed by atoms with Crippen LogP contribution in [0.25, 0.3) is 0 Å². The molecule has 0 N–H and O–H groups in total. The first-order valence-electron chi connectivity index (χ1n) is 0.947. The van der Waals surface area contributed by atoms with Gasteiger partial charge >= 0.3 is 0 Å². The van der Waals surface area contributed by atoms with E-state index in [2.05, 4.69) is 19.1 Å². The van der Waals surface area contributed by atoms with Crippen LogP contribution in [0.2, 0.25) is 0 Å². The highest BCUT2D eigenvalue weighted by Crippen LogP contribution is 1.67. The van der Waals surface area contributed by atoms with Crippen molar-refractivity contribution in [1.29, 1.82) is 0 Å². The van der Waals surface area contributed by atoms with E-state index in [1.54, 1.807) is 5.92 Å². The van der Waals surface area contributed by atoms with Gasteiger partial charge in [-0.1, -0.05) is 0 Å². The molecule has 0 amide bonds. The molecular weight excluding hydrogens is 84.1 g/mol. The Kier molecular flexibility index (Phi) is 1.55. The lowest BCUT2D eigenvalue weighted by Gasteiger charge is -1.54. The molecule has 0 saturated heterocycles. The lowest BCUT2D eigenvalue weighted by atomic mass is 10.8. The largest absolute Gasteiger partial charge is 0.292 e. The van der Waals surface area contributed by atoms with E-state index in [1.807, 2.05) is 0 Å². The Hall–Kier alpha value is -0.550. The molecule has 25 valence electrons. The molecule has 0 bridgehead atoms. The molecule has 0 fully saturated rings. The van der Waals surface area contributed by atoms with E-state index in [4.69, 9.17) is 0 Å². The first-order chi connectivity index (χ1) is 2.27. The summed E-state index contributed by atoms with van der Waals surface area (Å²) in [4.78, 5) is 9.39. The maximum atomic E-state index is 9.39. The van der Waals surface area contributed by atoms with Gasteiger partial charge in [0.05, 0.1) is 0 Å². The van der Waals surface area contributed by atoms with E-state index < -0.39 is 5.12 Å². The molecule has 0 atom stereocenters. The number of hydrogen-bond donors (Lipinski definition) is 0. The zero-order valence-corrected chi connectivity index (χ0v) is 3.21. The average Bonchev–Trinajstić information content (AvgIpc) is 1.38. The van der Waals surface area contributed by atoms with E-state index in [0.29, 0.717) is 0 Å². The van der Waals surface area contributed by atoms with E-state index >= 15 is 0 Å². The minimum Gasteiger partial charge on any atom is -0.267 e. The van der Waals surface area contributed by atoms with Gasteiger partial charge in [0.25, 0.3) is 5.12 Å². The minimum absolute atomic E-state index is 0.634. The van der Waals surface area contributed by atoms with Gasteiger partial charge in [-0.3, -0.25) is 4.79 Å². The van der Waals surface area contributed by atoms with Crippen LogP contribution in [0.3, 0.4) is 0 Å². The van der Waals surface area contributed by atoms with Crippen LogP contribution in [0, 0.1) is 12.3 Å². The summed E-state index contributed by atoms with van der Waals surface area (Å²) in [6.07, 6.45) is 4.47.